The van der Waals surface area contributed by atoms with E-state index in [2.05, 4.69) is 5.32 Å². The molecule has 0 saturated carbocycles. The smallest absolute Gasteiger partial charge is 0.247 e. The first-order chi connectivity index (χ1) is 4.51. The minimum Gasteiger partial charge on any atom is -0.367 e. The molecular weight excluding hydrogens is 132 g/mol. The molecule has 1 rings (SSSR count). The Bertz CT molecular complexity index is 156. The van der Waals surface area contributed by atoms with Gasteiger partial charge in [0.2, 0.25) is 5.91 Å². The fourth-order valence-electron chi connectivity index (χ4n) is 0.936. The van der Waals surface area contributed by atoms with Crippen LogP contribution in [0.5, 0.6) is 0 Å². The minimum atomic E-state index is -0.463. The molecule has 0 aliphatic carbocycles. The zero-order valence-corrected chi connectivity index (χ0v) is 6.18. The van der Waals surface area contributed by atoms with Gasteiger partial charge in [-0.15, -0.1) is 0 Å². The largest absolute Gasteiger partial charge is 0.367 e. The van der Waals surface area contributed by atoms with Crippen LogP contribution < -0.4 is 11.1 Å². The quantitative estimate of drug-likeness (QED) is 0.506. The Hall–Kier alpha value is -0.610. The van der Waals surface area contributed by atoms with E-state index >= 15 is 0 Å². The normalized spacial score (nSPS) is 30.4. The number of amides is 1. The fraction of sp³-hybridized carbons (Fsp3) is 0.833. The van der Waals surface area contributed by atoms with Gasteiger partial charge in [-0.25, -0.2) is 0 Å². The van der Waals surface area contributed by atoms with Crippen molar-refractivity contribution < 1.29 is 9.53 Å². The van der Waals surface area contributed by atoms with E-state index < -0.39 is 17.7 Å². The third-order valence-corrected chi connectivity index (χ3v) is 1.47. The van der Waals surface area contributed by atoms with E-state index in [-0.39, 0.29) is 0 Å². The predicted molar refractivity (Wildman–Crippen MR) is 36.1 cm³/mol. The number of nitrogens with one attached hydrogen (secondary N) is 1. The van der Waals surface area contributed by atoms with E-state index in [1.54, 1.807) is 0 Å². The Balaban J connectivity index is 2.51. The van der Waals surface area contributed by atoms with Crippen molar-refractivity contribution in [2.24, 2.45) is 5.73 Å². The van der Waals surface area contributed by atoms with Crippen molar-refractivity contribution in [3.8, 4) is 0 Å². The summed E-state index contributed by atoms with van der Waals surface area (Å²) in [5, 5.41) is 3.00. The maximum atomic E-state index is 10.5. The molecule has 4 nitrogen and oxygen atoms in total. The van der Waals surface area contributed by atoms with Crippen molar-refractivity contribution in [1.82, 2.24) is 5.32 Å². The van der Waals surface area contributed by atoms with Crippen molar-refractivity contribution in [3.05, 3.63) is 0 Å². The van der Waals surface area contributed by atoms with E-state index in [4.69, 9.17) is 10.5 Å². The van der Waals surface area contributed by atoms with Crippen molar-refractivity contribution in [3.63, 3.8) is 0 Å². The lowest BCUT2D eigenvalue weighted by molar-refractivity contribution is -0.131. The van der Waals surface area contributed by atoms with Crippen molar-refractivity contribution in [2.45, 2.75) is 25.7 Å². The zero-order valence-electron chi connectivity index (χ0n) is 6.18. The molecule has 58 valence electrons. The summed E-state index contributed by atoms with van der Waals surface area (Å²) in [4.78, 5) is 10.5. The van der Waals surface area contributed by atoms with Gasteiger partial charge < -0.3 is 10.5 Å². The highest BCUT2D eigenvalue weighted by Gasteiger charge is 2.33. The van der Waals surface area contributed by atoms with E-state index in [1.807, 2.05) is 13.8 Å². The molecule has 1 saturated heterocycles. The number of hydrogen-bond acceptors (Lipinski definition) is 3. The van der Waals surface area contributed by atoms with Gasteiger partial charge in [0, 0.05) is 6.54 Å². The van der Waals surface area contributed by atoms with Crippen LogP contribution in [-0.4, -0.2) is 24.3 Å². The average molecular weight is 144 g/mol. The number of carbonyl (C=O) groups is 1. The maximum absolute atomic E-state index is 10.5. The lowest BCUT2D eigenvalue weighted by Gasteiger charge is -2.17. The highest BCUT2D eigenvalue weighted by Crippen LogP contribution is 2.14. The maximum Gasteiger partial charge on any atom is 0.247 e. The summed E-state index contributed by atoms with van der Waals surface area (Å²) < 4.78 is 5.22. The molecule has 0 bridgehead atoms. The van der Waals surface area contributed by atoms with Crippen LogP contribution in [0.3, 0.4) is 0 Å². The summed E-state index contributed by atoms with van der Waals surface area (Å²) in [6.45, 7) is 4.23. The first kappa shape index (κ1) is 7.50. The van der Waals surface area contributed by atoms with Gasteiger partial charge in [0.1, 0.15) is 5.72 Å². The molecule has 1 aliphatic heterocycles. The molecule has 0 aromatic rings. The van der Waals surface area contributed by atoms with Gasteiger partial charge in [0.05, 0.1) is 0 Å². The van der Waals surface area contributed by atoms with Crippen LogP contribution >= 0.6 is 0 Å². The number of nitrogens with two attached hydrogens (primary N) is 1. The number of primary amides is 1. The Labute approximate surface area is 59.7 Å². The average Bonchev–Trinajstić information content (AvgIpc) is 2.10. The van der Waals surface area contributed by atoms with Crippen LogP contribution in [-0.2, 0) is 9.53 Å². The van der Waals surface area contributed by atoms with E-state index in [0.717, 1.165) is 0 Å². The standard InChI is InChI=1S/C6H12N2O2/c1-6(2)8-3-4(10-6)5(7)9/h4,8H,3H2,1-2H3,(H2,7,9)/t4-/m0/s1. The van der Waals surface area contributed by atoms with Crippen molar-refractivity contribution >= 4 is 5.91 Å². The number of hydrogen-bond donors (Lipinski definition) is 2. The first-order valence-electron chi connectivity index (χ1n) is 3.23. The van der Waals surface area contributed by atoms with Gasteiger partial charge in [-0.1, -0.05) is 0 Å². The predicted octanol–water partition coefficient (Wildman–Crippen LogP) is -0.804. The molecule has 1 aliphatic rings. The molecule has 0 unspecified atom stereocenters. The summed E-state index contributed by atoms with van der Waals surface area (Å²) in [5.41, 5.74) is 4.61. The van der Waals surface area contributed by atoms with Gasteiger partial charge in [-0.05, 0) is 13.8 Å². The molecular formula is C6H12N2O2. The van der Waals surface area contributed by atoms with Gasteiger partial charge >= 0.3 is 0 Å². The lowest BCUT2D eigenvalue weighted by Crippen LogP contribution is -2.33. The summed E-state index contributed by atoms with van der Waals surface area (Å²) in [6.07, 6.45) is -0.463. The Kier molecular flexibility index (Phi) is 1.66. The molecule has 1 amide bonds. The molecule has 1 atom stereocenters. The van der Waals surface area contributed by atoms with E-state index in [9.17, 15) is 4.79 Å². The second-order valence-electron chi connectivity index (χ2n) is 2.90. The van der Waals surface area contributed by atoms with Gasteiger partial charge in [0.25, 0.3) is 0 Å². The summed E-state index contributed by atoms with van der Waals surface area (Å²) >= 11 is 0. The SMILES string of the molecule is CC1(C)NC[C@@H](C(N)=O)O1. The van der Waals surface area contributed by atoms with Crippen LogP contribution in [0.2, 0.25) is 0 Å². The Morgan fingerprint density at radius 2 is 2.40 bits per heavy atom. The molecule has 0 spiro atoms. The number of ether oxygens (including phenoxy) is 1. The molecule has 0 aromatic heterocycles. The third-order valence-electron chi connectivity index (χ3n) is 1.47. The molecule has 4 heteroatoms. The van der Waals surface area contributed by atoms with Crippen LogP contribution in [0.15, 0.2) is 0 Å². The van der Waals surface area contributed by atoms with Crippen molar-refractivity contribution in [1.29, 1.82) is 0 Å². The topological polar surface area (TPSA) is 64.3 Å². The second kappa shape index (κ2) is 2.21. The molecule has 0 aromatic carbocycles. The Morgan fingerprint density at radius 3 is 2.60 bits per heavy atom. The van der Waals surface area contributed by atoms with Gasteiger partial charge in [-0.2, -0.15) is 0 Å². The van der Waals surface area contributed by atoms with E-state index in [0.29, 0.717) is 6.54 Å². The van der Waals surface area contributed by atoms with Gasteiger partial charge in [0.15, 0.2) is 6.10 Å². The van der Waals surface area contributed by atoms with Gasteiger partial charge in [-0.3, -0.25) is 10.1 Å². The summed E-state index contributed by atoms with van der Waals surface area (Å²) in [5.74, 6) is -0.405. The molecule has 1 fully saturated rings. The van der Waals surface area contributed by atoms with Crippen LogP contribution in [0.1, 0.15) is 13.8 Å². The zero-order chi connectivity index (χ0) is 7.78. The first-order valence-corrected chi connectivity index (χ1v) is 3.23. The molecule has 0 radical (unpaired) electrons. The van der Waals surface area contributed by atoms with Crippen LogP contribution in [0.4, 0.5) is 0 Å². The minimum absolute atomic E-state index is 0.403. The monoisotopic (exact) mass is 144 g/mol. The molecule has 3 N–H and O–H groups in total. The second-order valence-corrected chi connectivity index (χ2v) is 2.90. The van der Waals surface area contributed by atoms with Crippen LogP contribution in [0.25, 0.3) is 0 Å². The van der Waals surface area contributed by atoms with Crippen LogP contribution in [0, 0.1) is 0 Å². The third kappa shape index (κ3) is 1.46. The summed E-state index contributed by atoms with van der Waals surface area (Å²) in [6, 6.07) is 0. The van der Waals surface area contributed by atoms with Crippen molar-refractivity contribution in [2.75, 3.05) is 6.54 Å². The fourth-order valence-corrected chi connectivity index (χ4v) is 0.936. The lowest BCUT2D eigenvalue weighted by atomic mass is 10.3. The number of carbonyl (C=O) groups excluding carboxylic acids is 1. The Morgan fingerprint density at radius 1 is 1.80 bits per heavy atom. The highest BCUT2D eigenvalue weighted by atomic mass is 16.5. The molecule has 10 heavy (non-hydrogen) atoms. The highest BCUT2D eigenvalue weighted by molar-refractivity contribution is 5.79. The number of rotatable bonds is 1. The summed E-state index contributed by atoms with van der Waals surface area (Å²) in [7, 11) is 0. The van der Waals surface area contributed by atoms with E-state index in [1.165, 1.54) is 0 Å². The molecule has 1 heterocycles.